The zero-order chi connectivity index (χ0) is 18.5. The third-order valence-corrected chi connectivity index (χ3v) is 4.09. The van der Waals surface area contributed by atoms with Gasteiger partial charge < -0.3 is 21.1 Å². The van der Waals surface area contributed by atoms with Gasteiger partial charge in [0.1, 0.15) is 0 Å². The number of aryl methyl sites for hydroxylation is 1. The molecule has 8 nitrogen and oxygen atoms in total. The van der Waals surface area contributed by atoms with Crippen LogP contribution >= 0.6 is 0 Å². The van der Waals surface area contributed by atoms with Gasteiger partial charge in [0.25, 0.3) is 5.91 Å². The zero-order valence-corrected chi connectivity index (χ0v) is 14.5. The third kappa shape index (κ3) is 4.23. The van der Waals surface area contributed by atoms with E-state index < -0.39 is 11.9 Å². The van der Waals surface area contributed by atoms with Gasteiger partial charge in [0.2, 0.25) is 5.95 Å². The molecule has 26 heavy (non-hydrogen) atoms. The fourth-order valence-electron chi connectivity index (χ4n) is 2.74. The highest BCUT2D eigenvalue weighted by Crippen LogP contribution is 2.24. The van der Waals surface area contributed by atoms with Gasteiger partial charge in [0, 0.05) is 37.2 Å². The lowest BCUT2D eigenvalue weighted by Crippen LogP contribution is -2.29. The van der Waals surface area contributed by atoms with Gasteiger partial charge in [-0.2, -0.15) is 4.39 Å². The number of carbonyl (C=O) groups excluding carboxylic acids is 1. The number of primary amides is 1. The van der Waals surface area contributed by atoms with Crippen LogP contribution in [0.1, 0.15) is 35.9 Å². The molecule has 1 aliphatic heterocycles. The lowest BCUT2D eigenvalue weighted by Gasteiger charge is -2.25. The van der Waals surface area contributed by atoms with Crippen molar-refractivity contribution in [2.75, 3.05) is 23.8 Å². The number of nitrogens with two attached hydrogens (primary N) is 1. The lowest BCUT2D eigenvalue weighted by molar-refractivity contribution is 0.0903. The highest BCUT2D eigenvalue weighted by Gasteiger charge is 2.20. The smallest absolute Gasteiger partial charge is 0.271 e. The minimum Gasteiger partial charge on any atom is -0.381 e. The number of amides is 1. The van der Waals surface area contributed by atoms with Crippen LogP contribution in [0.3, 0.4) is 0 Å². The largest absolute Gasteiger partial charge is 0.381 e. The number of nitrogens with zero attached hydrogens (tertiary/aromatic N) is 3. The summed E-state index contributed by atoms with van der Waals surface area (Å²) in [5.41, 5.74) is 6.51. The normalized spacial score (nSPS) is 14.8. The van der Waals surface area contributed by atoms with E-state index >= 15 is 0 Å². The van der Waals surface area contributed by atoms with Crippen LogP contribution in [-0.2, 0) is 11.2 Å². The van der Waals surface area contributed by atoms with E-state index in [0.29, 0.717) is 36.8 Å². The van der Waals surface area contributed by atoms with Gasteiger partial charge in [-0.15, -0.1) is 0 Å². The summed E-state index contributed by atoms with van der Waals surface area (Å²) in [6.07, 6.45) is 3.63. The van der Waals surface area contributed by atoms with Crippen LogP contribution in [0.2, 0.25) is 0 Å². The van der Waals surface area contributed by atoms with E-state index in [9.17, 15) is 9.18 Å². The molecule has 1 aliphatic rings. The van der Waals surface area contributed by atoms with Crippen molar-refractivity contribution in [1.29, 1.82) is 0 Å². The van der Waals surface area contributed by atoms with Gasteiger partial charge >= 0.3 is 0 Å². The molecule has 2 aromatic heterocycles. The zero-order valence-electron chi connectivity index (χ0n) is 14.5. The first-order valence-electron chi connectivity index (χ1n) is 8.50. The maximum absolute atomic E-state index is 13.3. The Morgan fingerprint density at radius 2 is 2.12 bits per heavy atom. The summed E-state index contributed by atoms with van der Waals surface area (Å²) in [7, 11) is 0. The van der Waals surface area contributed by atoms with E-state index in [4.69, 9.17) is 10.5 Å². The number of anilines is 3. The maximum atomic E-state index is 13.3. The third-order valence-electron chi connectivity index (χ3n) is 4.09. The summed E-state index contributed by atoms with van der Waals surface area (Å²) < 4.78 is 18.7. The number of hydrogen-bond acceptors (Lipinski definition) is 7. The first-order valence-corrected chi connectivity index (χ1v) is 8.50. The van der Waals surface area contributed by atoms with E-state index in [0.717, 1.165) is 12.8 Å². The van der Waals surface area contributed by atoms with Gasteiger partial charge in [-0.3, -0.25) is 4.79 Å². The molecular weight excluding hydrogens is 339 g/mol. The van der Waals surface area contributed by atoms with Crippen molar-refractivity contribution in [3.8, 4) is 0 Å². The first-order chi connectivity index (χ1) is 12.6. The summed E-state index contributed by atoms with van der Waals surface area (Å²) in [6.45, 7) is 3.30. The van der Waals surface area contributed by atoms with Crippen LogP contribution in [0.15, 0.2) is 18.3 Å². The summed E-state index contributed by atoms with van der Waals surface area (Å²) in [5.74, 6) is -0.590. The Labute approximate surface area is 150 Å². The van der Waals surface area contributed by atoms with Crippen molar-refractivity contribution in [3.63, 3.8) is 0 Å². The van der Waals surface area contributed by atoms with E-state index in [1.54, 1.807) is 6.07 Å². The Morgan fingerprint density at radius 1 is 1.35 bits per heavy atom. The van der Waals surface area contributed by atoms with Gasteiger partial charge in [0.15, 0.2) is 17.3 Å². The highest BCUT2D eigenvalue weighted by atomic mass is 19.1. The summed E-state index contributed by atoms with van der Waals surface area (Å²) >= 11 is 0. The minimum atomic E-state index is -0.707. The van der Waals surface area contributed by atoms with Crippen LogP contribution in [-0.4, -0.2) is 40.1 Å². The summed E-state index contributed by atoms with van der Waals surface area (Å²) in [6, 6.07) is 2.98. The summed E-state index contributed by atoms with van der Waals surface area (Å²) in [5, 5.41) is 6.28. The van der Waals surface area contributed by atoms with Gasteiger partial charge in [-0.05, 0) is 25.3 Å². The number of nitrogens with one attached hydrogen (secondary N) is 2. The molecule has 9 heteroatoms. The van der Waals surface area contributed by atoms with Gasteiger partial charge in [-0.25, -0.2) is 15.0 Å². The molecular formula is C17H21FN6O2. The second-order valence-electron chi connectivity index (χ2n) is 5.96. The molecule has 1 saturated heterocycles. The molecule has 0 spiro atoms. The van der Waals surface area contributed by atoms with Crippen LogP contribution in [0.4, 0.5) is 21.7 Å². The second kappa shape index (κ2) is 8.05. The van der Waals surface area contributed by atoms with Crippen molar-refractivity contribution in [3.05, 3.63) is 35.7 Å². The van der Waals surface area contributed by atoms with Crippen LogP contribution in [0.5, 0.6) is 0 Å². The first kappa shape index (κ1) is 18.0. The molecule has 1 amide bonds. The number of carbonyl (C=O) groups is 1. The fraction of sp³-hybridized carbons (Fsp3) is 0.412. The predicted octanol–water partition coefficient (Wildman–Crippen LogP) is 2.01. The fourth-order valence-corrected chi connectivity index (χ4v) is 2.74. The van der Waals surface area contributed by atoms with Crippen molar-refractivity contribution < 1.29 is 13.9 Å². The molecule has 3 heterocycles. The monoisotopic (exact) mass is 360 g/mol. The number of halogens is 1. The Morgan fingerprint density at radius 3 is 2.77 bits per heavy atom. The van der Waals surface area contributed by atoms with Gasteiger partial charge in [-0.1, -0.05) is 6.92 Å². The van der Waals surface area contributed by atoms with Crippen LogP contribution < -0.4 is 16.4 Å². The van der Waals surface area contributed by atoms with Crippen molar-refractivity contribution in [1.82, 2.24) is 15.0 Å². The molecule has 2 aromatic rings. The SMILES string of the molecule is CCc1nc(C(N)=O)c(Nc2ccnc(F)c2)nc1NC1CCOCC1. The van der Waals surface area contributed by atoms with E-state index in [1.807, 2.05) is 6.92 Å². The van der Waals surface area contributed by atoms with Crippen LogP contribution in [0, 0.1) is 5.95 Å². The Kier molecular flexibility index (Phi) is 5.57. The number of rotatable bonds is 6. The molecule has 0 atom stereocenters. The highest BCUT2D eigenvalue weighted by molar-refractivity contribution is 5.96. The molecule has 3 rings (SSSR count). The molecule has 0 bridgehead atoms. The molecule has 0 aromatic carbocycles. The van der Waals surface area contributed by atoms with Crippen molar-refractivity contribution in [2.45, 2.75) is 32.2 Å². The Bertz CT molecular complexity index is 795. The predicted molar refractivity (Wildman–Crippen MR) is 94.9 cm³/mol. The van der Waals surface area contributed by atoms with Crippen molar-refractivity contribution >= 4 is 23.2 Å². The number of aromatic nitrogens is 3. The molecule has 1 fully saturated rings. The van der Waals surface area contributed by atoms with E-state index in [-0.39, 0.29) is 17.6 Å². The molecule has 0 radical (unpaired) electrons. The number of ether oxygens (including phenoxy) is 1. The lowest BCUT2D eigenvalue weighted by atomic mass is 10.1. The Hall–Kier alpha value is -2.81. The van der Waals surface area contributed by atoms with Gasteiger partial charge in [0.05, 0.1) is 5.69 Å². The average Bonchev–Trinajstić information content (AvgIpc) is 2.62. The quantitative estimate of drug-likeness (QED) is 0.675. The van der Waals surface area contributed by atoms with E-state index in [2.05, 4.69) is 25.6 Å². The van der Waals surface area contributed by atoms with E-state index in [1.165, 1.54) is 12.3 Å². The van der Waals surface area contributed by atoms with Crippen molar-refractivity contribution in [2.24, 2.45) is 5.73 Å². The average molecular weight is 360 g/mol. The number of pyridine rings is 1. The second-order valence-corrected chi connectivity index (χ2v) is 5.96. The molecule has 0 saturated carbocycles. The molecule has 4 N–H and O–H groups in total. The Balaban J connectivity index is 1.94. The topological polar surface area (TPSA) is 115 Å². The molecule has 138 valence electrons. The summed E-state index contributed by atoms with van der Waals surface area (Å²) in [4.78, 5) is 24.2. The molecule has 0 unspecified atom stereocenters. The minimum absolute atomic E-state index is 0.0107. The molecule has 0 aliphatic carbocycles. The number of hydrogen-bond donors (Lipinski definition) is 3. The maximum Gasteiger partial charge on any atom is 0.271 e. The standard InChI is InChI=1S/C17H21FN6O2/c1-2-12-16(21-10-4-7-26-8-5-10)24-17(14(23-12)15(19)25)22-11-3-6-20-13(18)9-11/h3,6,9-10H,2,4-5,7-8H2,1H3,(H2,19,25)(H2,20,21,22,24). The van der Waals surface area contributed by atoms with Crippen LogP contribution in [0.25, 0.3) is 0 Å².